The number of hydrogen-bond donors (Lipinski definition) is 0. The van der Waals surface area contributed by atoms with Gasteiger partial charge in [-0.25, -0.2) is 4.39 Å². The van der Waals surface area contributed by atoms with Crippen molar-refractivity contribution in [3.8, 4) is 11.5 Å². The Morgan fingerprint density at radius 2 is 2.07 bits per heavy atom. The molecule has 3 rings (SSSR count). The first-order valence-corrected chi connectivity index (χ1v) is 9.99. The molecule has 0 fully saturated rings. The van der Waals surface area contributed by atoms with Gasteiger partial charge in [-0.3, -0.25) is 4.79 Å². The SMILES string of the molecule is CN(Cc1c(F)cccc1Cl)C(=O)CSc1nnc(-c2cccc(Br)c2)o1. The Morgan fingerprint density at radius 1 is 1.30 bits per heavy atom. The molecule has 9 heteroatoms. The maximum atomic E-state index is 13.9. The number of hydrogen-bond acceptors (Lipinski definition) is 5. The van der Waals surface area contributed by atoms with Gasteiger partial charge in [0.05, 0.1) is 5.75 Å². The minimum absolute atomic E-state index is 0.0814. The maximum Gasteiger partial charge on any atom is 0.277 e. The Morgan fingerprint density at radius 3 is 2.81 bits per heavy atom. The van der Waals surface area contributed by atoms with Crippen molar-refractivity contribution in [2.24, 2.45) is 0 Å². The van der Waals surface area contributed by atoms with Crippen LogP contribution in [0.4, 0.5) is 4.39 Å². The molecular weight excluding hydrogens is 457 g/mol. The highest BCUT2D eigenvalue weighted by Crippen LogP contribution is 2.26. The number of rotatable bonds is 6. The van der Waals surface area contributed by atoms with Crippen molar-refractivity contribution in [1.82, 2.24) is 15.1 Å². The van der Waals surface area contributed by atoms with E-state index in [1.54, 1.807) is 13.1 Å². The Labute approximate surface area is 173 Å². The normalized spacial score (nSPS) is 10.8. The molecule has 0 atom stereocenters. The molecule has 0 bridgehead atoms. The highest BCUT2D eigenvalue weighted by atomic mass is 79.9. The topological polar surface area (TPSA) is 59.2 Å². The van der Waals surface area contributed by atoms with Crippen molar-refractivity contribution < 1.29 is 13.6 Å². The zero-order valence-electron chi connectivity index (χ0n) is 14.2. The number of carbonyl (C=O) groups is 1. The summed E-state index contributed by atoms with van der Waals surface area (Å²) in [6, 6.07) is 11.9. The molecule has 0 radical (unpaired) electrons. The Balaban J connectivity index is 1.59. The number of thioether (sulfide) groups is 1. The molecule has 3 aromatic rings. The summed E-state index contributed by atoms with van der Waals surface area (Å²) in [6.07, 6.45) is 0. The van der Waals surface area contributed by atoms with E-state index in [9.17, 15) is 9.18 Å². The van der Waals surface area contributed by atoms with Gasteiger partial charge in [0, 0.05) is 34.2 Å². The first-order chi connectivity index (χ1) is 12.9. The summed E-state index contributed by atoms with van der Waals surface area (Å²) in [4.78, 5) is 13.7. The first kappa shape index (κ1) is 19.9. The second-order valence-corrected chi connectivity index (χ2v) is 7.87. The van der Waals surface area contributed by atoms with Crippen LogP contribution >= 0.6 is 39.3 Å². The van der Waals surface area contributed by atoms with Gasteiger partial charge in [-0.2, -0.15) is 0 Å². The number of carbonyl (C=O) groups excluding carboxylic acids is 1. The molecule has 140 valence electrons. The van der Waals surface area contributed by atoms with Gasteiger partial charge in [0.25, 0.3) is 5.22 Å². The van der Waals surface area contributed by atoms with Crippen LogP contribution < -0.4 is 0 Å². The first-order valence-electron chi connectivity index (χ1n) is 7.83. The van der Waals surface area contributed by atoms with Crippen molar-refractivity contribution >= 4 is 45.2 Å². The summed E-state index contributed by atoms with van der Waals surface area (Å²) in [5.74, 6) is -0.187. The fraction of sp³-hybridized carbons (Fsp3) is 0.167. The molecule has 2 aromatic carbocycles. The molecule has 1 aromatic heterocycles. The Bertz CT molecular complexity index is 949. The van der Waals surface area contributed by atoms with Gasteiger partial charge in [0.1, 0.15) is 5.82 Å². The molecule has 0 N–H and O–H groups in total. The molecule has 0 aliphatic heterocycles. The second-order valence-electron chi connectivity index (χ2n) is 5.62. The summed E-state index contributed by atoms with van der Waals surface area (Å²) < 4.78 is 20.3. The van der Waals surface area contributed by atoms with E-state index in [4.69, 9.17) is 16.0 Å². The van der Waals surface area contributed by atoms with Gasteiger partial charge in [0.15, 0.2) is 0 Å². The van der Waals surface area contributed by atoms with Crippen molar-refractivity contribution in [2.45, 2.75) is 11.8 Å². The molecular formula is C18H14BrClFN3O2S. The average molecular weight is 471 g/mol. The Hall–Kier alpha value is -1.90. The van der Waals surface area contributed by atoms with Crippen LogP contribution in [0.25, 0.3) is 11.5 Å². The quantitative estimate of drug-likeness (QED) is 0.472. The van der Waals surface area contributed by atoms with Crippen molar-refractivity contribution in [1.29, 1.82) is 0 Å². The van der Waals surface area contributed by atoms with Crippen LogP contribution in [-0.2, 0) is 11.3 Å². The van der Waals surface area contributed by atoms with Gasteiger partial charge in [0.2, 0.25) is 11.8 Å². The third-order valence-electron chi connectivity index (χ3n) is 3.68. The van der Waals surface area contributed by atoms with Crippen molar-refractivity contribution in [3.05, 3.63) is 63.3 Å². The van der Waals surface area contributed by atoms with E-state index >= 15 is 0 Å². The Kier molecular flexibility index (Phi) is 6.51. The van der Waals surface area contributed by atoms with Crippen LogP contribution in [0.2, 0.25) is 5.02 Å². The fourth-order valence-corrected chi connectivity index (χ4v) is 3.57. The van der Waals surface area contributed by atoms with Crippen LogP contribution in [0.5, 0.6) is 0 Å². The number of halogens is 3. The molecule has 1 heterocycles. The van der Waals surface area contributed by atoms with Crippen LogP contribution in [0.3, 0.4) is 0 Å². The van der Waals surface area contributed by atoms with Crippen LogP contribution in [0.1, 0.15) is 5.56 Å². The second kappa shape index (κ2) is 8.86. The highest BCUT2D eigenvalue weighted by molar-refractivity contribution is 9.10. The van der Waals surface area contributed by atoms with E-state index in [1.165, 1.54) is 17.0 Å². The lowest BCUT2D eigenvalue weighted by Crippen LogP contribution is -2.28. The van der Waals surface area contributed by atoms with Gasteiger partial charge in [-0.1, -0.05) is 51.4 Å². The molecule has 27 heavy (non-hydrogen) atoms. The summed E-state index contributed by atoms with van der Waals surface area (Å²) >= 11 is 10.5. The molecule has 1 amide bonds. The number of amides is 1. The van der Waals surface area contributed by atoms with Crippen LogP contribution in [-0.4, -0.2) is 33.8 Å². The van der Waals surface area contributed by atoms with Gasteiger partial charge < -0.3 is 9.32 Å². The summed E-state index contributed by atoms with van der Waals surface area (Å²) in [5.41, 5.74) is 1.07. The van der Waals surface area contributed by atoms with Crippen LogP contribution in [0.15, 0.2) is 56.6 Å². The van der Waals surface area contributed by atoms with Crippen molar-refractivity contribution in [2.75, 3.05) is 12.8 Å². The van der Waals surface area contributed by atoms with E-state index in [1.807, 2.05) is 24.3 Å². The smallest absolute Gasteiger partial charge is 0.277 e. The third kappa shape index (κ3) is 5.09. The van der Waals surface area contributed by atoms with E-state index in [0.717, 1.165) is 21.8 Å². The predicted octanol–water partition coefficient (Wildman–Crippen LogP) is 5.04. The fourth-order valence-electron chi connectivity index (χ4n) is 2.25. The third-order valence-corrected chi connectivity index (χ3v) is 5.33. The predicted molar refractivity (Wildman–Crippen MR) is 106 cm³/mol. The summed E-state index contributed by atoms with van der Waals surface area (Å²) in [7, 11) is 1.59. The zero-order chi connectivity index (χ0) is 19.4. The number of nitrogens with zero attached hydrogens (tertiary/aromatic N) is 3. The summed E-state index contributed by atoms with van der Waals surface area (Å²) in [5, 5.41) is 8.51. The molecule has 0 aliphatic carbocycles. The summed E-state index contributed by atoms with van der Waals surface area (Å²) in [6.45, 7) is 0.0814. The molecule has 5 nitrogen and oxygen atoms in total. The van der Waals surface area contributed by atoms with Crippen LogP contribution in [0, 0.1) is 5.82 Å². The lowest BCUT2D eigenvalue weighted by Gasteiger charge is -2.17. The van der Waals surface area contributed by atoms with E-state index in [-0.39, 0.29) is 34.0 Å². The minimum atomic E-state index is -0.439. The van der Waals surface area contributed by atoms with E-state index < -0.39 is 5.82 Å². The number of benzene rings is 2. The average Bonchev–Trinajstić information content (AvgIpc) is 3.12. The van der Waals surface area contributed by atoms with Crippen molar-refractivity contribution in [3.63, 3.8) is 0 Å². The highest BCUT2D eigenvalue weighted by Gasteiger charge is 2.16. The molecule has 0 spiro atoms. The lowest BCUT2D eigenvalue weighted by atomic mass is 10.2. The molecule has 0 saturated heterocycles. The van der Waals surface area contributed by atoms with Gasteiger partial charge in [-0.15, -0.1) is 10.2 Å². The number of aromatic nitrogens is 2. The molecule has 0 aliphatic rings. The monoisotopic (exact) mass is 469 g/mol. The van der Waals surface area contributed by atoms with Gasteiger partial charge in [-0.05, 0) is 30.3 Å². The standard InChI is InChI=1S/C18H14BrClFN3O2S/c1-24(9-13-14(20)6-3-7-15(13)21)16(25)10-27-18-23-22-17(26-18)11-4-2-5-12(19)8-11/h2-8H,9-10H2,1H3. The van der Waals surface area contributed by atoms with E-state index in [0.29, 0.717) is 5.89 Å². The van der Waals surface area contributed by atoms with E-state index in [2.05, 4.69) is 26.1 Å². The lowest BCUT2D eigenvalue weighted by molar-refractivity contribution is -0.127. The maximum absolute atomic E-state index is 13.9. The van der Waals surface area contributed by atoms with Gasteiger partial charge >= 0.3 is 0 Å². The largest absolute Gasteiger partial charge is 0.411 e. The molecule has 0 unspecified atom stereocenters. The zero-order valence-corrected chi connectivity index (χ0v) is 17.3. The minimum Gasteiger partial charge on any atom is -0.411 e. The molecule has 0 saturated carbocycles.